The third-order valence-corrected chi connectivity index (χ3v) is 3.95. The number of rotatable bonds is 4. The van der Waals surface area contributed by atoms with Crippen LogP contribution >= 0.6 is 15.9 Å². The zero-order chi connectivity index (χ0) is 14.7. The van der Waals surface area contributed by atoms with Crippen molar-refractivity contribution >= 4 is 21.7 Å². The zero-order valence-corrected chi connectivity index (χ0v) is 13.5. The van der Waals surface area contributed by atoms with Gasteiger partial charge in [-0.05, 0) is 53.0 Å². The molecule has 1 aromatic heterocycles. The molecule has 1 heterocycles. The van der Waals surface area contributed by atoms with Crippen LogP contribution in [0.1, 0.15) is 24.6 Å². The molecule has 0 bridgehead atoms. The maximum atomic E-state index is 5.96. The van der Waals surface area contributed by atoms with E-state index in [1.807, 2.05) is 25.1 Å². The lowest BCUT2D eigenvalue weighted by Gasteiger charge is -2.10. The van der Waals surface area contributed by atoms with Crippen LogP contribution in [0.3, 0.4) is 0 Å². The van der Waals surface area contributed by atoms with Crippen LogP contribution in [0.2, 0.25) is 0 Å². The molecule has 2 aromatic rings. The number of nitrogens with zero attached hydrogens (tertiary/aromatic N) is 2. The summed E-state index contributed by atoms with van der Waals surface area (Å²) in [7, 11) is 1.66. The topological polar surface area (TPSA) is 61.0 Å². The molecule has 20 heavy (non-hydrogen) atoms. The molecule has 0 aliphatic heterocycles. The molecule has 0 fully saturated rings. The second-order valence-electron chi connectivity index (χ2n) is 4.63. The summed E-state index contributed by atoms with van der Waals surface area (Å²) in [6.45, 7) is 4.11. The monoisotopic (exact) mass is 335 g/mol. The van der Waals surface area contributed by atoms with E-state index in [4.69, 9.17) is 10.5 Å². The molecule has 1 aromatic carbocycles. The largest absolute Gasteiger partial charge is 0.496 e. The lowest BCUT2D eigenvalue weighted by atomic mass is 10.1. The van der Waals surface area contributed by atoms with E-state index in [9.17, 15) is 0 Å². The summed E-state index contributed by atoms with van der Waals surface area (Å²) in [5.41, 5.74) is 8.90. The Morgan fingerprint density at radius 2 is 2.05 bits per heavy atom. The number of hydrogen-bond donors (Lipinski definition) is 1. The first kappa shape index (κ1) is 14.8. The fourth-order valence-electron chi connectivity index (χ4n) is 2.06. The molecule has 0 aliphatic carbocycles. The van der Waals surface area contributed by atoms with Gasteiger partial charge in [0, 0.05) is 5.56 Å². The number of hydrogen-bond acceptors (Lipinski definition) is 4. The third kappa shape index (κ3) is 2.93. The van der Waals surface area contributed by atoms with Crippen LogP contribution in [0.25, 0.3) is 11.4 Å². The predicted octanol–water partition coefficient (Wildman–Crippen LogP) is 3.76. The van der Waals surface area contributed by atoms with Crippen molar-refractivity contribution in [3.05, 3.63) is 33.9 Å². The summed E-state index contributed by atoms with van der Waals surface area (Å²) in [5.74, 6) is 1.99. The van der Waals surface area contributed by atoms with E-state index in [0.717, 1.165) is 39.9 Å². The Balaban J connectivity index is 2.49. The van der Waals surface area contributed by atoms with Crippen LogP contribution in [0, 0.1) is 6.92 Å². The molecule has 4 nitrogen and oxygen atoms in total. The standard InChI is InChI=1S/C15H18BrN3O/c1-4-5-11-13(16)14(17)19-15(18-11)10-6-7-12(20-3)9(2)8-10/h6-8H,4-5H2,1-3H3,(H2,17,18,19). The van der Waals surface area contributed by atoms with Gasteiger partial charge in [-0.1, -0.05) is 13.3 Å². The number of nitrogens with two attached hydrogens (primary N) is 1. The van der Waals surface area contributed by atoms with E-state index in [-0.39, 0.29) is 0 Å². The molecule has 0 atom stereocenters. The first-order valence-electron chi connectivity index (χ1n) is 6.53. The van der Waals surface area contributed by atoms with Crippen molar-refractivity contribution < 1.29 is 4.74 Å². The molecule has 0 saturated carbocycles. The lowest BCUT2D eigenvalue weighted by Crippen LogP contribution is -2.03. The van der Waals surface area contributed by atoms with Crippen molar-refractivity contribution in [1.82, 2.24) is 9.97 Å². The fourth-order valence-corrected chi connectivity index (χ4v) is 2.44. The van der Waals surface area contributed by atoms with Crippen molar-refractivity contribution in [2.45, 2.75) is 26.7 Å². The number of aromatic nitrogens is 2. The Morgan fingerprint density at radius 1 is 1.30 bits per heavy atom. The number of ether oxygens (including phenoxy) is 1. The van der Waals surface area contributed by atoms with Crippen LogP contribution in [0.15, 0.2) is 22.7 Å². The minimum atomic E-state index is 0.479. The van der Waals surface area contributed by atoms with Crippen LogP contribution in [0.5, 0.6) is 5.75 Å². The van der Waals surface area contributed by atoms with Gasteiger partial charge in [-0.15, -0.1) is 0 Å². The maximum Gasteiger partial charge on any atom is 0.161 e. The number of aryl methyl sites for hydroxylation is 2. The zero-order valence-electron chi connectivity index (χ0n) is 11.9. The van der Waals surface area contributed by atoms with Crippen molar-refractivity contribution in [2.75, 3.05) is 12.8 Å². The summed E-state index contributed by atoms with van der Waals surface area (Å²) in [6, 6.07) is 5.88. The van der Waals surface area contributed by atoms with Crippen molar-refractivity contribution in [3.8, 4) is 17.1 Å². The average Bonchev–Trinajstić information content (AvgIpc) is 2.43. The first-order valence-corrected chi connectivity index (χ1v) is 7.33. The highest BCUT2D eigenvalue weighted by Crippen LogP contribution is 2.28. The minimum absolute atomic E-state index is 0.479. The van der Waals surface area contributed by atoms with E-state index in [0.29, 0.717) is 11.6 Å². The van der Waals surface area contributed by atoms with Gasteiger partial charge in [0.15, 0.2) is 5.82 Å². The number of methoxy groups -OCH3 is 1. The second-order valence-corrected chi connectivity index (χ2v) is 5.42. The molecule has 0 spiro atoms. The second kappa shape index (κ2) is 6.22. The first-order chi connectivity index (χ1) is 9.56. The van der Waals surface area contributed by atoms with Crippen LogP contribution in [-0.2, 0) is 6.42 Å². The molecular weight excluding hydrogens is 318 g/mol. The number of benzene rings is 1. The molecule has 2 rings (SSSR count). The summed E-state index contributed by atoms with van der Waals surface area (Å²) in [4.78, 5) is 8.97. The molecule has 0 unspecified atom stereocenters. The highest BCUT2D eigenvalue weighted by molar-refractivity contribution is 9.10. The van der Waals surface area contributed by atoms with Gasteiger partial charge in [-0.2, -0.15) is 0 Å². The molecule has 106 valence electrons. The van der Waals surface area contributed by atoms with Gasteiger partial charge in [-0.3, -0.25) is 0 Å². The van der Waals surface area contributed by atoms with Gasteiger partial charge in [0.05, 0.1) is 17.3 Å². The Labute approximate surface area is 127 Å². The van der Waals surface area contributed by atoms with Crippen molar-refractivity contribution in [1.29, 1.82) is 0 Å². The van der Waals surface area contributed by atoms with Crippen molar-refractivity contribution in [2.24, 2.45) is 0 Å². The van der Waals surface area contributed by atoms with Gasteiger partial charge in [0.25, 0.3) is 0 Å². The maximum absolute atomic E-state index is 5.96. The van der Waals surface area contributed by atoms with Gasteiger partial charge in [0.1, 0.15) is 11.6 Å². The number of halogens is 1. The van der Waals surface area contributed by atoms with Crippen LogP contribution in [0.4, 0.5) is 5.82 Å². The predicted molar refractivity (Wildman–Crippen MR) is 84.9 cm³/mol. The van der Waals surface area contributed by atoms with E-state index in [1.165, 1.54) is 0 Å². The van der Waals surface area contributed by atoms with Crippen LogP contribution < -0.4 is 10.5 Å². The van der Waals surface area contributed by atoms with E-state index in [1.54, 1.807) is 7.11 Å². The van der Waals surface area contributed by atoms with Crippen LogP contribution in [-0.4, -0.2) is 17.1 Å². The highest BCUT2D eigenvalue weighted by atomic mass is 79.9. The molecule has 5 heteroatoms. The van der Waals surface area contributed by atoms with Crippen molar-refractivity contribution in [3.63, 3.8) is 0 Å². The number of anilines is 1. The Morgan fingerprint density at radius 3 is 2.65 bits per heavy atom. The van der Waals surface area contributed by atoms with E-state index < -0.39 is 0 Å². The van der Waals surface area contributed by atoms with E-state index in [2.05, 4.69) is 32.8 Å². The quantitative estimate of drug-likeness (QED) is 0.923. The average molecular weight is 336 g/mol. The third-order valence-electron chi connectivity index (χ3n) is 3.09. The van der Waals surface area contributed by atoms with Gasteiger partial charge < -0.3 is 10.5 Å². The normalized spacial score (nSPS) is 10.6. The molecule has 0 radical (unpaired) electrons. The molecule has 0 saturated heterocycles. The smallest absolute Gasteiger partial charge is 0.161 e. The molecule has 0 amide bonds. The molecular formula is C15H18BrN3O. The summed E-state index contributed by atoms with van der Waals surface area (Å²) < 4.78 is 6.07. The summed E-state index contributed by atoms with van der Waals surface area (Å²) in [5, 5.41) is 0. The lowest BCUT2D eigenvalue weighted by molar-refractivity contribution is 0.412. The molecule has 2 N–H and O–H groups in total. The summed E-state index contributed by atoms with van der Waals surface area (Å²) in [6.07, 6.45) is 1.88. The molecule has 0 aliphatic rings. The highest BCUT2D eigenvalue weighted by Gasteiger charge is 2.12. The van der Waals surface area contributed by atoms with Gasteiger partial charge >= 0.3 is 0 Å². The minimum Gasteiger partial charge on any atom is -0.496 e. The fraction of sp³-hybridized carbons (Fsp3) is 0.333. The number of nitrogen functional groups attached to an aromatic ring is 1. The SMILES string of the molecule is CCCc1nc(-c2ccc(OC)c(C)c2)nc(N)c1Br. The Hall–Kier alpha value is -1.62. The Kier molecular flexibility index (Phi) is 4.60. The Bertz CT molecular complexity index is 629. The summed E-state index contributed by atoms with van der Waals surface area (Å²) >= 11 is 3.46. The van der Waals surface area contributed by atoms with Gasteiger partial charge in [-0.25, -0.2) is 9.97 Å². The van der Waals surface area contributed by atoms with E-state index >= 15 is 0 Å². The van der Waals surface area contributed by atoms with Gasteiger partial charge in [0.2, 0.25) is 0 Å².